The molecule has 1 heterocycles. The molecule has 4 saturated carbocycles. The van der Waals surface area contributed by atoms with Gasteiger partial charge in [0, 0.05) is 6.42 Å². The lowest BCUT2D eigenvalue weighted by atomic mass is 9.43. The fourth-order valence-electron chi connectivity index (χ4n) is 7.88. The lowest BCUT2D eigenvalue weighted by Gasteiger charge is -2.64. The zero-order valence-corrected chi connectivity index (χ0v) is 23.2. The Morgan fingerprint density at radius 1 is 1.18 bits per heavy atom. The third kappa shape index (κ3) is 4.86. The van der Waals surface area contributed by atoms with E-state index < -0.39 is 24.6 Å². The van der Waals surface area contributed by atoms with Gasteiger partial charge in [0.05, 0.1) is 24.8 Å². The second-order valence-corrected chi connectivity index (χ2v) is 12.8. The predicted octanol–water partition coefficient (Wildman–Crippen LogP) is 3.84. The fraction of sp³-hybridized carbons (Fsp3) is 0.724. The third-order valence-electron chi connectivity index (χ3n) is 10.4. The summed E-state index contributed by atoms with van der Waals surface area (Å²) in [5.41, 5.74) is 6.46. The van der Waals surface area contributed by atoms with Gasteiger partial charge in [0.2, 0.25) is 5.91 Å². The molecule has 5 aliphatic rings. The molecule has 4 unspecified atom stereocenters. The Labute approximate surface area is 226 Å². The second kappa shape index (κ2) is 10.5. The van der Waals surface area contributed by atoms with Crippen molar-refractivity contribution in [2.45, 2.75) is 89.8 Å². The summed E-state index contributed by atoms with van der Waals surface area (Å²) in [6.07, 6.45) is 7.09. The maximum absolute atomic E-state index is 13.3. The van der Waals surface area contributed by atoms with Crippen LogP contribution in [0.15, 0.2) is 18.2 Å². The summed E-state index contributed by atoms with van der Waals surface area (Å²) in [5.74, 6) is 0.716. The minimum Gasteiger partial charge on any atom is -0.496 e. The summed E-state index contributed by atoms with van der Waals surface area (Å²) in [4.78, 5) is 25.2. The van der Waals surface area contributed by atoms with Crippen LogP contribution in [0.4, 0.5) is 0 Å². The molecule has 0 aromatic heterocycles. The van der Waals surface area contributed by atoms with Gasteiger partial charge in [-0.3, -0.25) is 4.79 Å². The molecule has 4 N–H and O–H groups in total. The van der Waals surface area contributed by atoms with Crippen LogP contribution in [0.1, 0.15) is 81.6 Å². The van der Waals surface area contributed by atoms with Crippen molar-refractivity contribution in [3.63, 3.8) is 0 Å². The van der Waals surface area contributed by atoms with E-state index in [4.69, 9.17) is 19.8 Å². The summed E-state index contributed by atoms with van der Waals surface area (Å²) >= 11 is 0. The molecular weight excluding hydrogens is 483 g/mol. The summed E-state index contributed by atoms with van der Waals surface area (Å²) < 4.78 is 18.8. The number of hydrogen-bond acceptors (Lipinski definition) is 6. The lowest BCUT2D eigenvalue weighted by molar-refractivity contribution is -0.199. The predicted molar refractivity (Wildman–Crippen MR) is 145 cm³/mol. The molecule has 1 aliphatic heterocycles. The summed E-state index contributed by atoms with van der Waals surface area (Å²) in [6, 6.07) is 5.09. The van der Waals surface area contributed by atoms with Crippen molar-refractivity contribution in [3.05, 3.63) is 29.3 Å². The highest BCUT2D eigenvalue weighted by Crippen LogP contribution is 2.65. The number of nitrogens with two attached hydrogens (primary N) is 1. The molecule has 8 nitrogen and oxygen atoms in total. The molecule has 9 heteroatoms. The Kier molecular flexibility index (Phi) is 7.57. The van der Waals surface area contributed by atoms with Crippen LogP contribution in [0.3, 0.4) is 0 Å². The van der Waals surface area contributed by atoms with Gasteiger partial charge in [-0.2, -0.15) is 0 Å². The molecule has 0 spiro atoms. The first-order chi connectivity index (χ1) is 18.1. The zero-order valence-electron chi connectivity index (χ0n) is 23.2. The number of carbonyl (C=O) groups is 2. The average Bonchev–Trinajstić information content (AvgIpc) is 3.25. The first kappa shape index (κ1) is 27.5. The van der Waals surface area contributed by atoms with Crippen LogP contribution in [-0.4, -0.2) is 55.4 Å². The first-order valence-electron chi connectivity index (χ1n) is 14.3. The van der Waals surface area contributed by atoms with Gasteiger partial charge in [-0.15, -0.1) is 0 Å². The normalized spacial score (nSPS) is 34.1. The van der Waals surface area contributed by atoms with Crippen LogP contribution >= 0.6 is 0 Å². The average molecular weight is 526 g/mol. The fourth-order valence-corrected chi connectivity index (χ4v) is 7.88. The van der Waals surface area contributed by atoms with E-state index in [0.717, 1.165) is 38.5 Å². The second-order valence-electron chi connectivity index (χ2n) is 12.8. The minimum atomic E-state index is -1.05. The quantitative estimate of drug-likeness (QED) is 0.418. The molecule has 1 amide bonds. The van der Waals surface area contributed by atoms with E-state index in [1.165, 1.54) is 13.2 Å². The molecular formula is C29H43BN2O6. The summed E-state index contributed by atoms with van der Waals surface area (Å²) in [5, 5.41) is 12.9. The van der Waals surface area contributed by atoms with Gasteiger partial charge >= 0.3 is 13.1 Å². The summed E-state index contributed by atoms with van der Waals surface area (Å²) in [6.45, 7) is 7.53. The van der Waals surface area contributed by atoms with Crippen LogP contribution in [0, 0.1) is 29.1 Å². The molecule has 5 fully saturated rings. The molecule has 1 aromatic carbocycles. The minimum absolute atomic E-state index is 0.0116. The highest BCUT2D eigenvalue weighted by atomic mass is 16.7. The highest BCUT2D eigenvalue weighted by Gasteiger charge is 2.68. The van der Waals surface area contributed by atoms with Gasteiger partial charge in [-0.1, -0.05) is 26.0 Å². The molecule has 2 bridgehead atoms. The number of nitrogens with one attached hydrogen (secondary N) is 1. The van der Waals surface area contributed by atoms with E-state index in [0.29, 0.717) is 54.4 Å². The van der Waals surface area contributed by atoms with Gasteiger partial charge in [0.25, 0.3) is 0 Å². The van der Waals surface area contributed by atoms with Crippen LogP contribution in [0.5, 0.6) is 5.75 Å². The number of rotatable bonds is 9. The first-order valence-corrected chi connectivity index (χ1v) is 14.3. The number of methoxy groups -OCH3 is 1. The Morgan fingerprint density at radius 3 is 2.53 bits per heavy atom. The Bertz CT molecular complexity index is 1060. The number of ether oxygens (including phenoxy) is 1. The van der Waals surface area contributed by atoms with Gasteiger partial charge in [-0.05, 0) is 99.1 Å². The monoisotopic (exact) mass is 526 g/mol. The molecule has 1 saturated heterocycles. The van der Waals surface area contributed by atoms with E-state index >= 15 is 0 Å². The van der Waals surface area contributed by atoms with Gasteiger partial charge in [0.1, 0.15) is 11.3 Å². The number of carboxylic acid groups (broad SMARTS) is 1. The number of carboxylic acids is 1. The van der Waals surface area contributed by atoms with E-state index in [-0.39, 0.29) is 23.0 Å². The number of benzene rings is 1. The maximum Gasteiger partial charge on any atom is 0.482 e. The van der Waals surface area contributed by atoms with Crippen LogP contribution in [-0.2, 0) is 20.5 Å². The third-order valence-corrected chi connectivity index (χ3v) is 10.4. The van der Waals surface area contributed by atoms with E-state index in [1.54, 1.807) is 6.07 Å². The molecule has 4 aliphatic carbocycles. The Balaban J connectivity index is 1.36. The molecule has 5 atom stereocenters. The number of hydrogen-bond donors (Lipinski definition) is 3. The zero-order chi connectivity index (χ0) is 27.2. The van der Waals surface area contributed by atoms with Gasteiger partial charge < -0.3 is 30.2 Å². The van der Waals surface area contributed by atoms with E-state index in [9.17, 15) is 14.7 Å². The van der Waals surface area contributed by atoms with Crippen molar-refractivity contribution in [1.29, 1.82) is 0 Å². The standard InChI is InChI=1S/C29H43BN2O6/c1-28(2)20-14-22(28)29(3)23(15-20)37-30(38-29)24(13-19-6-5-7-21(27(34)35)26(19)36-4)32-25(33)12-17-8-10-18(16-31)11-9-17/h5-7,17-18,20,22-24H,8-16,31H2,1-4H3,(H,32,33)(H,34,35)/t17-,18-,20?,22?,23?,24-,29?/m0/s1. The molecule has 1 aromatic rings. The SMILES string of the molecule is COc1c(C[C@H](NC(=O)C[C@H]2CC[C@H](CN)CC2)B2OC3CC4CC(C4(C)C)C3(C)O2)cccc1C(=O)O. The topological polar surface area (TPSA) is 120 Å². The van der Waals surface area contributed by atoms with Crippen LogP contribution in [0.25, 0.3) is 0 Å². The van der Waals surface area contributed by atoms with Crippen molar-refractivity contribution in [1.82, 2.24) is 5.32 Å². The lowest BCUT2D eigenvalue weighted by Crippen LogP contribution is -2.65. The van der Waals surface area contributed by atoms with Crippen LogP contribution in [0.2, 0.25) is 0 Å². The smallest absolute Gasteiger partial charge is 0.482 e. The van der Waals surface area contributed by atoms with E-state index in [2.05, 4.69) is 26.1 Å². The number of aromatic carboxylic acids is 1. The van der Waals surface area contributed by atoms with Crippen molar-refractivity contribution in [2.75, 3.05) is 13.7 Å². The number of para-hydroxylation sites is 1. The van der Waals surface area contributed by atoms with Gasteiger partial charge in [0.15, 0.2) is 0 Å². The van der Waals surface area contributed by atoms with E-state index in [1.807, 2.05) is 6.07 Å². The Morgan fingerprint density at radius 2 is 1.89 bits per heavy atom. The number of carbonyl (C=O) groups excluding carboxylic acids is 1. The van der Waals surface area contributed by atoms with Crippen molar-refractivity contribution < 1.29 is 28.7 Å². The summed E-state index contributed by atoms with van der Waals surface area (Å²) in [7, 11) is 0.861. The van der Waals surface area contributed by atoms with Crippen molar-refractivity contribution in [3.8, 4) is 5.75 Å². The van der Waals surface area contributed by atoms with Crippen molar-refractivity contribution in [2.24, 2.45) is 34.8 Å². The molecule has 38 heavy (non-hydrogen) atoms. The number of amides is 1. The highest BCUT2D eigenvalue weighted by molar-refractivity contribution is 6.48. The van der Waals surface area contributed by atoms with Gasteiger partial charge in [-0.25, -0.2) is 4.79 Å². The molecule has 0 radical (unpaired) electrons. The van der Waals surface area contributed by atoms with Crippen molar-refractivity contribution >= 4 is 19.0 Å². The maximum atomic E-state index is 13.3. The largest absolute Gasteiger partial charge is 0.496 e. The molecule has 208 valence electrons. The molecule has 6 rings (SSSR count). The van der Waals surface area contributed by atoms with Crippen LogP contribution < -0.4 is 15.8 Å². The Hall–Kier alpha value is -2.10.